The fraction of sp³-hybridized carbons (Fsp3) is 0.222. The number of nitrogens with one attached hydrogen (secondary N) is 1. The van der Waals surface area contributed by atoms with Crippen LogP contribution in [0.5, 0.6) is 5.75 Å². The number of carbonyl (C=O) groups excluding carboxylic acids is 2. The lowest BCUT2D eigenvalue weighted by Gasteiger charge is -2.20. The molecule has 1 aromatic heterocycles. The Morgan fingerprint density at radius 1 is 1.43 bits per heavy atom. The number of aromatic hydroxyl groups is 1. The minimum absolute atomic E-state index is 0.00891. The van der Waals surface area contributed by atoms with Gasteiger partial charge in [-0.25, -0.2) is 0 Å². The van der Waals surface area contributed by atoms with Crippen molar-refractivity contribution in [1.82, 2.24) is 4.98 Å². The molecule has 0 atom stereocenters. The Kier molecular flexibility index (Phi) is 4.99. The summed E-state index contributed by atoms with van der Waals surface area (Å²) in [6.45, 7) is 3.21. The van der Waals surface area contributed by atoms with E-state index in [2.05, 4.69) is 31.3 Å². The minimum atomic E-state index is -0.880. The van der Waals surface area contributed by atoms with Gasteiger partial charge in [0.2, 0.25) is 11.8 Å². The quantitative estimate of drug-likeness (QED) is 0.241. The second-order valence-electron chi connectivity index (χ2n) is 6.82. The summed E-state index contributed by atoms with van der Waals surface area (Å²) < 4.78 is 0.647. The van der Waals surface area contributed by atoms with Crippen LogP contribution in [0.4, 0.5) is 11.4 Å². The predicted molar refractivity (Wildman–Crippen MR) is 109 cm³/mol. The van der Waals surface area contributed by atoms with Gasteiger partial charge in [0.15, 0.2) is 5.84 Å². The van der Waals surface area contributed by atoms with Gasteiger partial charge in [0.25, 0.3) is 0 Å². The normalized spacial score (nSPS) is 15.5. The zero-order valence-electron chi connectivity index (χ0n) is 15.2. The average molecular weight is 447 g/mol. The van der Waals surface area contributed by atoms with Gasteiger partial charge < -0.3 is 22.0 Å². The summed E-state index contributed by atoms with van der Waals surface area (Å²) in [4.78, 5) is 30.8. The molecule has 28 heavy (non-hydrogen) atoms. The maximum atomic E-state index is 12.9. The molecule has 1 aliphatic heterocycles. The third-order valence-corrected chi connectivity index (χ3v) is 5.05. The Morgan fingerprint density at radius 2 is 2.14 bits per heavy atom. The summed E-state index contributed by atoms with van der Waals surface area (Å²) in [6, 6.07) is 4.80. The van der Waals surface area contributed by atoms with Crippen LogP contribution in [0.15, 0.2) is 40.2 Å². The minimum Gasteiger partial charge on any atom is -0.506 e. The smallest absolute Gasteiger partial charge is 0.244 e. The number of fused-ring (bicyclic) bond motifs is 1. The molecular formula is C18H19BrN6O3. The first-order chi connectivity index (χ1) is 13.2. The Balaban J connectivity index is 1.90. The van der Waals surface area contributed by atoms with E-state index in [-0.39, 0.29) is 24.0 Å². The lowest BCUT2D eigenvalue weighted by Crippen LogP contribution is -2.41. The molecule has 0 saturated carbocycles. The first-order valence-electron chi connectivity index (χ1n) is 8.29. The van der Waals surface area contributed by atoms with E-state index in [0.29, 0.717) is 27.0 Å². The summed E-state index contributed by atoms with van der Waals surface area (Å²) in [6.07, 6.45) is 2.90. The van der Waals surface area contributed by atoms with Crippen LogP contribution in [0.25, 0.3) is 0 Å². The number of phenolic OH excluding ortho intramolecular Hbond substituents is 1. The van der Waals surface area contributed by atoms with Crippen molar-refractivity contribution in [2.75, 3.05) is 16.8 Å². The number of rotatable bonds is 4. The molecule has 0 unspecified atom stereocenters. The fourth-order valence-corrected chi connectivity index (χ4v) is 3.61. The number of halogens is 1. The van der Waals surface area contributed by atoms with Crippen molar-refractivity contribution in [1.29, 1.82) is 0 Å². The van der Waals surface area contributed by atoms with Crippen LogP contribution in [-0.2, 0) is 15.0 Å². The predicted octanol–water partition coefficient (Wildman–Crippen LogP) is 1.39. The van der Waals surface area contributed by atoms with Crippen molar-refractivity contribution in [2.24, 2.45) is 16.7 Å². The van der Waals surface area contributed by atoms with Crippen LogP contribution in [0, 0.1) is 0 Å². The molecule has 0 bridgehead atoms. The molecule has 6 N–H and O–H groups in total. The topological polar surface area (TPSA) is 147 Å². The van der Waals surface area contributed by atoms with E-state index in [9.17, 15) is 14.7 Å². The lowest BCUT2D eigenvalue weighted by atomic mass is 9.86. The number of nitrogens with two attached hydrogens (primary N) is 2. The standard InChI is InChI=1S/C18H19BrN6O3/c1-18(2)11-5-9(19)6-13(26)15(11)25(17(18)28)8-14(27)23-12-3-4-22-7-10(12)16(20)24-21/h3-7,26H,8,21H2,1-2H3,(H2,20,24)(H,22,23,27). The van der Waals surface area contributed by atoms with Crippen LogP contribution in [0.1, 0.15) is 25.0 Å². The molecule has 3 rings (SSSR count). The molecule has 1 aromatic carbocycles. The van der Waals surface area contributed by atoms with E-state index < -0.39 is 11.3 Å². The van der Waals surface area contributed by atoms with E-state index in [0.717, 1.165) is 0 Å². The van der Waals surface area contributed by atoms with Crippen molar-refractivity contribution in [3.63, 3.8) is 0 Å². The summed E-state index contributed by atoms with van der Waals surface area (Å²) in [7, 11) is 0. The van der Waals surface area contributed by atoms with Gasteiger partial charge in [-0.05, 0) is 37.6 Å². The maximum Gasteiger partial charge on any atom is 0.244 e. The Bertz CT molecular complexity index is 1000. The SMILES string of the molecule is CC1(C)C(=O)N(CC(=O)Nc2ccncc2/C(N)=N/N)c2c(O)cc(Br)cc21. The molecule has 0 radical (unpaired) electrons. The average Bonchev–Trinajstić information content (AvgIpc) is 2.82. The maximum absolute atomic E-state index is 12.9. The number of pyridine rings is 1. The van der Waals surface area contributed by atoms with Gasteiger partial charge in [0.1, 0.15) is 12.3 Å². The number of hydrazone groups is 1. The van der Waals surface area contributed by atoms with Crippen molar-refractivity contribution in [3.8, 4) is 5.75 Å². The van der Waals surface area contributed by atoms with Crippen molar-refractivity contribution >= 4 is 45.0 Å². The third kappa shape index (κ3) is 3.26. The van der Waals surface area contributed by atoms with E-state index in [1.807, 2.05) is 0 Å². The highest BCUT2D eigenvalue weighted by Crippen LogP contribution is 2.47. The van der Waals surface area contributed by atoms with Gasteiger partial charge in [-0.3, -0.25) is 19.5 Å². The number of nitrogens with zero attached hydrogens (tertiary/aromatic N) is 3. The summed E-state index contributed by atoms with van der Waals surface area (Å²) >= 11 is 3.32. The Labute approximate surface area is 169 Å². The molecular weight excluding hydrogens is 428 g/mol. The molecule has 0 saturated heterocycles. The highest BCUT2D eigenvalue weighted by Gasteiger charge is 2.46. The van der Waals surface area contributed by atoms with Crippen LogP contribution in [0.3, 0.4) is 0 Å². The molecule has 10 heteroatoms. The first-order valence-corrected chi connectivity index (χ1v) is 9.08. The highest BCUT2D eigenvalue weighted by molar-refractivity contribution is 9.10. The van der Waals surface area contributed by atoms with E-state index in [1.165, 1.54) is 23.4 Å². The Hall–Kier alpha value is -3.14. The number of amidine groups is 1. The summed E-state index contributed by atoms with van der Waals surface area (Å²) in [5.74, 6) is 4.37. The number of hydrogen-bond acceptors (Lipinski definition) is 6. The lowest BCUT2D eigenvalue weighted by molar-refractivity contribution is -0.124. The van der Waals surface area contributed by atoms with Gasteiger partial charge in [-0.2, -0.15) is 5.10 Å². The zero-order chi connectivity index (χ0) is 20.6. The van der Waals surface area contributed by atoms with E-state index in [1.54, 1.807) is 26.0 Å². The largest absolute Gasteiger partial charge is 0.506 e. The number of anilines is 2. The molecule has 0 aliphatic carbocycles. The molecule has 2 amide bonds. The first kappa shape index (κ1) is 19.6. The molecule has 1 aliphatic rings. The molecule has 2 aromatic rings. The number of amides is 2. The van der Waals surface area contributed by atoms with Crippen molar-refractivity contribution in [2.45, 2.75) is 19.3 Å². The van der Waals surface area contributed by atoms with Crippen LogP contribution < -0.4 is 21.8 Å². The molecule has 0 fully saturated rings. The number of phenols is 1. The molecule has 0 spiro atoms. The Morgan fingerprint density at radius 3 is 2.82 bits per heavy atom. The van der Waals surface area contributed by atoms with Gasteiger partial charge >= 0.3 is 0 Å². The number of benzene rings is 1. The fourth-order valence-electron chi connectivity index (χ4n) is 3.16. The zero-order valence-corrected chi connectivity index (χ0v) is 16.8. The highest BCUT2D eigenvalue weighted by atomic mass is 79.9. The van der Waals surface area contributed by atoms with Crippen LogP contribution in [0.2, 0.25) is 0 Å². The molecule has 2 heterocycles. The monoisotopic (exact) mass is 446 g/mol. The summed E-state index contributed by atoms with van der Waals surface area (Å²) in [5, 5.41) is 16.5. The second-order valence-corrected chi connectivity index (χ2v) is 7.74. The van der Waals surface area contributed by atoms with E-state index in [4.69, 9.17) is 11.6 Å². The third-order valence-electron chi connectivity index (χ3n) is 4.59. The summed E-state index contributed by atoms with van der Waals surface area (Å²) in [5.41, 5.74) is 6.53. The van der Waals surface area contributed by atoms with Crippen molar-refractivity contribution < 1.29 is 14.7 Å². The van der Waals surface area contributed by atoms with Gasteiger partial charge in [-0.15, -0.1) is 0 Å². The van der Waals surface area contributed by atoms with Gasteiger partial charge in [0, 0.05) is 16.9 Å². The van der Waals surface area contributed by atoms with E-state index >= 15 is 0 Å². The van der Waals surface area contributed by atoms with Crippen LogP contribution >= 0.6 is 15.9 Å². The van der Waals surface area contributed by atoms with Gasteiger partial charge in [-0.1, -0.05) is 15.9 Å². The number of aromatic nitrogens is 1. The molecule has 9 nitrogen and oxygen atoms in total. The second kappa shape index (κ2) is 7.12. The van der Waals surface area contributed by atoms with Crippen LogP contribution in [-0.4, -0.2) is 34.3 Å². The van der Waals surface area contributed by atoms with Crippen molar-refractivity contribution in [3.05, 3.63) is 46.2 Å². The van der Waals surface area contributed by atoms with Gasteiger partial charge in [0.05, 0.1) is 22.4 Å². The number of carbonyl (C=O) groups is 2. The number of hydrogen-bond donors (Lipinski definition) is 4. The molecule has 146 valence electrons.